The molecule has 1 aromatic heterocycles. The zero-order valence-electron chi connectivity index (χ0n) is 26.4. The minimum absolute atomic E-state index is 0.0557. The number of benzene rings is 2. The van der Waals surface area contributed by atoms with Gasteiger partial charge in [0.25, 0.3) is 0 Å². The molecule has 0 saturated heterocycles. The lowest BCUT2D eigenvalue weighted by Gasteiger charge is -2.28. The molecule has 2 amide bonds. The van der Waals surface area contributed by atoms with Gasteiger partial charge >= 0.3 is 0 Å². The number of nitrogens with one attached hydrogen (secondary N) is 1. The number of rotatable bonds is 16. The van der Waals surface area contributed by atoms with E-state index in [-0.39, 0.29) is 36.5 Å². The predicted molar refractivity (Wildman–Crippen MR) is 170 cm³/mol. The van der Waals surface area contributed by atoms with Gasteiger partial charge in [0, 0.05) is 43.4 Å². The first kappa shape index (κ1) is 33.0. The Kier molecular flexibility index (Phi) is 12.2. The highest BCUT2D eigenvalue weighted by Gasteiger charge is 2.29. The minimum Gasteiger partial charge on any atom is -0.379 e. The van der Waals surface area contributed by atoms with E-state index in [1.54, 1.807) is 4.90 Å². The summed E-state index contributed by atoms with van der Waals surface area (Å²) in [6, 6.07) is 15.7. The third kappa shape index (κ3) is 9.06. The first-order valence-electron chi connectivity index (χ1n) is 15.6. The average Bonchev–Trinajstić information content (AvgIpc) is 3.41. The van der Waals surface area contributed by atoms with Gasteiger partial charge in [0.2, 0.25) is 11.8 Å². The van der Waals surface area contributed by atoms with E-state index in [0.717, 1.165) is 40.2 Å². The molecule has 0 fully saturated rings. The van der Waals surface area contributed by atoms with Crippen LogP contribution in [-0.4, -0.2) is 65.1 Å². The Hall–Kier alpha value is -3.89. The number of ether oxygens (including phenoxy) is 2. The number of carbonyl (C=O) groups excluding carboxylic acids is 3. The Labute approximate surface area is 260 Å². The van der Waals surface area contributed by atoms with Crippen molar-refractivity contribution in [3.63, 3.8) is 0 Å². The molecule has 0 saturated carbocycles. The van der Waals surface area contributed by atoms with Crippen molar-refractivity contribution in [1.82, 2.24) is 20.3 Å². The molecule has 0 bridgehead atoms. The molecule has 1 aliphatic rings. The monoisotopic (exact) mass is 603 g/mol. The fraction of sp³-hybridized carbons (Fsp3) is 0.500. The number of hydrogen-bond acceptors (Lipinski definition) is 7. The highest BCUT2D eigenvalue weighted by Crippen LogP contribution is 2.41. The second kappa shape index (κ2) is 16.3. The lowest BCUT2D eigenvalue weighted by Crippen LogP contribution is -2.34. The summed E-state index contributed by atoms with van der Waals surface area (Å²) < 4.78 is 13.2. The van der Waals surface area contributed by atoms with Crippen LogP contribution in [0.5, 0.6) is 0 Å². The van der Waals surface area contributed by atoms with Gasteiger partial charge in [0.15, 0.2) is 0 Å². The molecule has 3 aromatic rings. The number of Topliss-reactive ketones (excluding diaryl/α,β-unsaturated/α-hetero) is 1. The number of ketones is 1. The van der Waals surface area contributed by atoms with Gasteiger partial charge < -0.3 is 19.7 Å². The third-order valence-electron chi connectivity index (χ3n) is 7.50. The highest BCUT2D eigenvalue weighted by atomic mass is 16.5. The van der Waals surface area contributed by atoms with Gasteiger partial charge in [-0.2, -0.15) is 0 Å². The summed E-state index contributed by atoms with van der Waals surface area (Å²) in [5.74, 6) is 0.340. The van der Waals surface area contributed by atoms with Crippen molar-refractivity contribution in [2.45, 2.75) is 79.0 Å². The number of carbonyl (C=O) groups is 3. The molecule has 0 aliphatic carbocycles. The molecular weight excluding hydrogens is 558 g/mol. The molecular formula is C34H45N5O5. The number of aromatic nitrogens is 3. The Morgan fingerprint density at radius 1 is 0.886 bits per heavy atom. The maximum absolute atomic E-state index is 13.7. The Balaban J connectivity index is 1.40. The zero-order chi connectivity index (χ0) is 31.5. The molecule has 44 heavy (non-hydrogen) atoms. The minimum atomic E-state index is -0.217. The van der Waals surface area contributed by atoms with Crippen molar-refractivity contribution in [1.29, 1.82) is 0 Å². The van der Waals surface area contributed by atoms with Crippen LogP contribution in [0, 0.1) is 5.92 Å². The van der Waals surface area contributed by atoms with Gasteiger partial charge in [0.05, 0.1) is 50.4 Å². The molecule has 1 N–H and O–H groups in total. The topological polar surface area (TPSA) is 116 Å². The van der Waals surface area contributed by atoms with E-state index in [4.69, 9.17) is 9.47 Å². The summed E-state index contributed by atoms with van der Waals surface area (Å²) in [6.07, 6.45) is 2.07. The number of fused-ring (bicyclic) bond motifs is 5. The van der Waals surface area contributed by atoms with Crippen molar-refractivity contribution in [3.05, 3.63) is 54.1 Å². The highest BCUT2D eigenvalue weighted by molar-refractivity contribution is 6.01. The van der Waals surface area contributed by atoms with Crippen LogP contribution in [0.15, 0.2) is 48.5 Å². The molecule has 0 radical (unpaired) electrons. The van der Waals surface area contributed by atoms with Crippen LogP contribution in [0.4, 0.5) is 5.69 Å². The summed E-state index contributed by atoms with van der Waals surface area (Å²) in [6.45, 7) is 10.5. The summed E-state index contributed by atoms with van der Waals surface area (Å²) >= 11 is 0. The molecule has 0 unspecified atom stereocenters. The smallest absolute Gasteiger partial charge is 0.227 e. The average molecular weight is 604 g/mol. The number of nitrogens with zero attached hydrogens (tertiary/aromatic N) is 4. The van der Waals surface area contributed by atoms with E-state index < -0.39 is 0 Å². The van der Waals surface area contributed by atoms with Gasteiger partial charge in [-0.15, -0.1) is 5.10 Å². The van der Waals surface area contributed by atoms with Gasteiger partial charge in [-0.3, -0.25) is 14.4 Å². The van der Waals surface area contributed by atoms with Crippen molar-refractivity contribution in [2.75, 3.05) is 31.3 Å². The van der Waals surface area contributed by atoms with Crippen LogP contribution in [0.25, 0.3) is 22.5 Å². The predicted octanol–water partition coefficient (Wildman–Crippen LogP) is 5.19. The first-order chi connectivity index (χ1) is 21.2. The van der Waals surface area contributed by atoms with Crippen LogP contribution in [-0.2, 0) is 36.9 Å². The van der Waals surface area contributed by atoms with Crippen LogP contribution in [0.3, 0.4) is 0 Å². The molecule has 2 aromatic carbocycles. The van der Waals surface area contributed by atoms with Crippen LogP contribution < -0.4 is 10.2 Å². The summed E-state index contributed by atoms with van der Waals surface area (Å²) in [5.41, 5.74) is 5.07. The van der Waals surface area contributed by atoms with Crippen LogP contribution in [0.2, 0.25) is 0 Å². The molecule has 10 nitrogen and oxygen atoms in total. The third-order valence-corrected chi connectivity index (χ3v) is 7.50. The maximum Gasteiger partial charge on any atom is 0.227 e. The Morgan fingerprint density at radius 2 is 1.64 bits per heavy atom. The SMILES string of the molecule is CC(C)CCC(=O)CCOCCNC(=O)CCC(=O)N1Cc2ccccc2-c2nnn(CCOC(C)C)c2-c2ccccc21. The van der Waals surface area contributed by atoms with Gasteiger partial charge in [0.1, 0.15) is 11.5 Å². The number of amides is 2. The number of para-hydroxylation sites is 1. The normalized spacial score (nSPS) is 12.4. The second-order valence-corrected chi connectivity index (χ2v) is 11.8. The standard InChI is InChI=1S/C34H45N5O5/c1-24(2)13-14-27(40)17-20-43-21-18-35-31(41)15-16-32(42)38-23-26-9-5-6-10-28(26)33-34(29-11-7-8-12-30(29)38)39(37-36-33)19-22-44-25(3)4/h5-12,24-25H,13-23H2,1-4H3,(H,35,41). The summed E-state index contributed by atoms with van der Waals surface area (Å²) in [4.78, 5) is 40.0. The number of hydrogen-bond donors (Lipinski definition) is 1. The van der Waals surface area contributed by atoms with Crippen molar-refractivity contribution in [3.8, 4) is 22.5 Å². The van der Waals surface area contributed by atoms with Crippen molar-refractivity contribution in [2.24, 2.45) is 5.92 Å². The largest absolute Gasteiger partial charge is 0.379 e. The van der Waals surface area contributed by atoms with E-state index in [0.29, 0.717) is 58.2 Å². The molecule has 236 valence electrons. The van der Waals surface area contributed by atoms with E-state index in [9.17, 15) is 14.4 Å². The molecule has 10 heteroatoms. The van der Waals surface area contributed by atoms with Crippen molar-refractivity contribution >= 4 is 23.3 Å². The summed E-state index contributed by atoms with van der Waals surface area (Å²) in [5, 5.41) is 11.9. The van der Waals surface area contributed by atoms with Crippen LogP contribution in [0.1, 0.15) is 65.4 Å². The summed E-state index contributed by atoms with van der Waals surface area (Å²) in [7, 11) is 0. The van der Waals surface area contributed by atoms with Crippen molar-refractivity contribution < 1.29 is 23.9 Å². The molecule has 0 atom stereocenters. The molecule has 2 heterocycles. The Morgan fingerprint density at radius 3 is 2.41 bits per heavy atom. The lowest BCUT2D eigenvalue weighted by atomic mass is 9.95. The van der Waals surface area contributed by atoms with E-state index >= 15 is 0 Å². The van der Waals surface area contributed by atoms with Crippen LogP contribution >= 0.6 is 0 Å². The maximum atomic E-state index is 13.7. The molecule has 4 rings (SSSR count). The number of anilines is 1. The second-order valence-electron chi connectivity index (χ2n) is 11.8. The lowest BCUT2D eigenvalue weighted by molar-refractivity contribution is -0.125. The zero-order valence-corrected chi connectivity index (χ0v) is 26.4. The Bertz CT molecular complexity index is 1420. The van der Waals surface area contributed by atoms with E-state index in [2.05, 4.69) is 29.5 Å². The van der Waals surface area contributed by atoms with Gasteiger partial charge in [-0.05, 0) is 37.8 Å². The van der Waals surface area contributed by atoms with Gasteiger partial charge in [-0.1, -0.05) is 61.5 Å². The fourth-order valence-electron chi connectivity index (χ4n) is 5.14. The van der Waals surface area contributed by atoms with E-state index in [1.807, 2.05) is 67.1 Å². The molecule has 0 spiro atoms. The first-order valence-corrected chi connectivity index (χ1v) is 15.6. The fourth-order valence-corrected chi connectivity index (χ4v) is 5.14. The molecule has 1 aliphatic heterocycles. The van der Waals surface area contributed by atoms with E-state index in [1.165, 1.54) is 0 Å². The van der Waals surface area contributed by atoms with Gasteiger partial charge in [-0.25, -0.2) is 4.68 Å². The quantitative estimate of drug-likeness (QED) is 0.224.